The summed E-state index contributed by atoms with van der Waals surface area (Å²) in [4.78, 5) is 17.1. The van der Waals surface area contributed by atoms with E-state index in [9.17, 15) is 4.79 Å². The summed E-state index contributed by atoms with van der Waals surface area (Å²) < 4.78 is 5.14. The number of hydrogen-bond acceptors (Lipinski definition) is 3. The van der Waals surface area contributed by atoms with Gasteiger partial charge in [0.15, 0.2) is 0 Å². The highest BCUT2D eigenvalue weighted by Gasteiger charge is 2.31. The van der Waals surface area contributed by atoms with Crippen molar-refractivity contribution in [1.82, 2.24) is 9.80 Å². The Kier molecular flexibility index (Phi) is 8.01. The zero-order valence-electron chi connectivity index (χ0n) is 15.3. The van der Waals surface area contributed by atoms with E-state index in [4.69, 9.17) is 27.9 Å². The molecule has 1 aromatic rings. The second kappa shape index (κ2) is 9.77. The summed E-state index contributed by atoms with van der Waals surface area (Å²) >= 11 is 12.0. The number of benzene rings is 1. The molecule has 0 aliphatic carbocycles. The molecule has 2 rings (SSSR count). The average Bonchev–Trinajstić information content (AvgIpc) is 2.58. The third-order valence-electron chi connectivity index (χ3n) is 4.83. The molecule has 6 heteroatoms. The Hall–Kier alpha value is -0.810. The van der Waals surface area contributed by atoms with Gasteiger partial charge < -0.3 is 9.64 Å². The predicted molar refractivity (Wildman–Crippen MR) is 103 cm³/mol. The molecule has 0 bridgehead atoms. The van der Waals surface area contributed by atoms with Gasteiger partial charge in [-0.25, -0.2) is 0 Å². The maximum atomic E-state index is 12.6. The maximum absolute atomic E-state index is 12.6. The molecule has 2 unspecified atom stereocenters. The summed E-state index contributed by atoms with van der Waals surface area (Å²) in [6, 6.07) is 6.30. The number of carbonyl (C=O) groups is 1. The van der Waals surface area contributed by atoms with Gasteiger partial charge in [0.25, 0.3) is 0 Å². The van der Waals surface area contributed by atoms with Crippen LogP contribution in [0.3, 0.4) is 0 Å². The first-order valence-electron chi connectivity index (χ1n) is 8.88. The first kappa shape index (κ1) is 20.5. The van der Waals surface area contributed by atoms with Crippen molar-refractivity contribution in [1.29, 1.82) is 0 Å². The molecule has 0 spiro atoms. The highest BCUT2D eigenvalue weighted by Crippen LogP contribution is 2.23. The van der Waals surface area contributed by atoms with Gasteiger partial charge in [0, 0.05) is 51.9 Å². The van der Waals surface area contributed by atoms with Crippen LogP contribution in [0, 0.1) is 0 Å². The van der Waals surface area contributed by atoms with Gasteiger partial charge >= 0.3 is 0 Å². The van der Waals surface area contributed by atoms with E-state index in [2.05, 4.69) is 18.7 Å². The van der Waals surface area contributed by atoms with Crippen molar-refractivity contribution in [3.63, 3.8) is 0 Å². The van der Waals surface area contributed by atoms with Crippen LogP contribution < -0.4 is 0 Å². The van der Waals surface area contributed by atoms with Crippen LogP contribution in [0.4, 0.5) is 0 Å². The molecular weight excluding hydrogens is 359 g/mol. The van der Waals surface area contributed by atoms with Gasteiger partial charge in [-0.15, -0.1) is 0 Å². The standard InChI is InChI=1S/C19H28Cl2N2O2/c1-14-12-22(13-15(2)23(14)9-4-10-25-3)19(24)8-6-16-5-7-17(20)18(21)11-16/h5,7,11,14-15H,4,6,8-10,12-13H2,1-3H3. The molecule has 1 heterocycles. The highest BCUT2D eigenvalue weighted by molar-refractivity contribution is 6.42. The van der Waals surface area contributed by atoms with Gasteiger partial charge in [0.05, 0.1) is 10.0 Å². The van der Waals surface area contributed by atoms with Crippen LogP contribution in [0.25, 0.3) is 0 Å². The number of methoxy groups -OCH3 is 1. The molecule has 25 heavy (non-hydrogen) atoms. The van der Waals surface area contributed by atoms with Crippen LogP contribution in [-0.4, -0.2) is 61.1 Å². The van der Waals surface area contributed by atoms with E-state index >= 15 is 0 Å². The molecule has 140 valence electrons. The fraction of sp³-hybridized carbons (Fsp3) is 0.632. The van der Waals surface area contributed by atoms with Gasteiger partial charge in [0.1, 0.15) is 0 Å². The molecule has 0 aromatic heterocycles. The first-order valence-corrected chi connectivity index (χ1v) is 9.64. The minimum absolute atomic E-state index is 0.210. The molecule has 0 N–H and O–H groups in total. The highest BCUT2D eigenvalue weighted by atomic mass is 35.5. The Labute approximate surface area is 161 Å². The summed E-state index contributed by atoms with van der Waals surface area (Å²) in [5, 5.41) is 1.09. The molecule has 0 radical (unpaired) electrons. The quantitative estimate of drug-likeness (QED) is 0.666. The molecule has 2 atom stereocenters. The van der Waals surface area contributed by atoms with E-state index in [-0.39, 0.29) is 5.91 Å². The topological polar surface area (TPSA) is 32.8 Å². The molecule has 1 aliphatic heterocycles. The number of rotatable bonds is 7. The van der Waals surface area contributed by atoms with Gasteiger partial charge in [0.2, 0.25) is 5.91 Å². The molecule has 1 amide bonds. The van der Waals surface area contributed by atoms with Crippen molar-refractivity contribution in [2.45, 2.75) is 45.2 Å². The lowest BCUT2D eigenvalue weighted by Gasteiger charge is -2.44. The van der Waals surface area contributed by atoms with Crippen LogP contribution in [0.15, 0.2) is 18.2 Å². The number of ether oxygens (including phenoxy) is 1. The summed E-state index contributed by atoms with van der Waals surface area (Å²) in [5.41, 5.74) is 1.04. The number of nitrogens with zero attached hydrogens (tertiary/aromatic N) is 2. The summed E-state index contributed by atoms with van der Waals surface area (Å²) in [6.07, 6.45) is 2.21. The molecule has 4 nitrogen and oxygen atoms in total. The zero-order chi connectivity index (χ0) is 18.4. The molecule has 1 aliphatic rings. The number of piperazine rings is 1. The lowest BCUT2D eigenvalue weighted by atomic mass is 10.1. The van der Waals surface area contributed by atoms with Crippen LogP contribution in [0.5, 0.6) is 0 Å². The van der Waals surface area contributed by atoms with Crippen LogP contribution >= 0.6 is 23.2 Å². The lowest BCUT2D eigenvalue weighted by Crippen LogP contribution is -2.58. The van der Waals surface area contributed by atoms with E-state index in [1.807, 2.05) is 17.0 Å². The van der Waals surface area contributed by atoms with Gasteiger partial charge in [-0.1, -0.05) is 29.3 Å². The van der Waals surface area contributed by atoms with E-state index in [0.717, 1.165) is 38.2 Å². The Morgan fingerprint density at radius 2 is 1.88 bits per heavy atom. The van der Waals surface area contributed by atoms with Crippen LogP contribution in [-0.2, 0) is 16.0 Å². The van der Waals surface area contributed by atoms with Crippen molar-refractivity contribution in [3.05, 3.63) is 33.8 Å². The predicted octanol–water partition coefficient (Wildman–Crippen LogP) is 3.88. The van der Waals surface area contributed by atoms with E-state index < -0.39 is 0 Å². The zero-order valence-corrected chi connectivity index (χ0v) is 16.8. The van der Waals surface area contributed by atoms with Crippen molar-refractivity contribution >= 4 is 29.1 Å². The molecule has 1 aromatic carbocycles. The Morgan fingerprint density at radius 3 is 2.48 bits per heavy atom. The lowest BCUT2D eigenvalue weighted by molar-refractivity contribution is -0.135. The summed E-state index contributed by atoms with van der Waals surface area (Å²) in [6.45, 7) is 7.77. The second-order valence-electron chi connectivity index (χ2n) is 6.83. The SMILES string of the molecule is COCCCN1C(C)CN(C(=O)CCc2ccc(Cl)c(Cl)c2)CC1C. The van der Waals surface area contributed by atoms with Crippen LogP contribution in [0.2, 0.25) is 10.0 Å². The summed E-state index contributed by atoms with van der Waals surface area (Å²) in [5.74, 6) is 0.210. The number of aryl methyl sites for hydroxylation is 1. The average molecular weight is 387 g/mol. The number of hydrogen-bond donors (Lipinski definition) is 0. The minimum atomic E-state index is 0.210. The maximum Gasteiger partial charge on any atom is 0.223 e. The second-order valence-corrected chi connectivity index (χ2v) is 7.64. The normalized spacial score (nSPS) is 21.6. The number of halogens is 2. The van der Waals surface area contributed by atoms with Gasteiger partial charge in [-0.3, -0.25) is 9.69 Å². The molecule has 1 fully saturated rings. The fourth-order valence-electron chi connectivity index (χ4n) is 3.50. The van der Waals surface area contributed by atoms with E-state index in [1.54, 1.807) is 13.2 Å². The number of amides is 1. The Morgan fingerprint density at radius 1 is 1.20 bits per heavy atom. The van der Waals surface area contributed by atoms with E-state index in [0.29, 0.717) is 35.0 Å². The van der Waals surface area contributed by atoms with Gasteiger partial charge in [-0.05, 0) is 44.4 Å². The third kappa shape index (κ3) is 5.85. The largest absolute Gasteiger partial charge is 0.385 e. The Balaban J connectivity index is 1.85. The number of carbonyl (C=O) groups excluding carboxylic acids is 1. The summed E-state index contributed by atoms with van der Waals surface area (Å²) in [7, 11) is 1.73. The minimum Gasteiger partial charge on any atom is -0.385 e. The Bertz CT molecular complexity index is 571. The molecule has 0 saturated carbocycles. The smallest absolute Gasteiger partial charge is 0.223 e. The molecular formula is C19H28Cl2N2O2. The third-order valence-corrected chi connectivity index (χ3v) is 5.57. The van der Waals surface area contributed by atoms with Crippen molar-refractivity contribution < 1.29 is 9.53 Å². The monoisotopic (exact) mass is 386 g/mol. The van der Waals surface area contributed by atoms with Gasteiger partial charge in [-0.2, -0.15) is 0 Å². The van der Waals surface area contributed by atoms with Crippen LogP contribution in [0.1, 0.15) is 32.3 Å². The van der Waals surface area contributed by atoms with Crippen molar-refractivity contribution in [2.24, 2.45) is 0 Å². The van der Waals surface area contributed by atoms with E-state index in [1.165, 1.54) is 0 Å². The first-order chi connectivity index (χ1) is 11.9. The fourth-order valence-corrected chi connectivity index (χ4v) is 3.82. The van der Waals surface area contributed by atoms with Crippen molar-refractivity contribution in [2.75, 3.05) is 33.4 Å². The molecule has 1 saturated heterocycles. The van der Waals surface area contributed by atoms with Crippen molar-refractivity contribution in [3.8, 4) is 0 Å².